The van der Waals surface area contributed by atoms with Crippen LogP contribution in [0.2, 0.25) is 0 Å². The van der Waals surface area contributed by atoms with Crippen LogP contribution in [0, 0.1) is 5.82 Å². The number of rotatable bonds is 7. The normalized spacial score (nSPS) is 11.1. The van der Waals surface area contributed by atoms with Gasteiger partial charge in [-0.1, -0.05) is 59.4 Å². The molecule has 2 aromatic heterocycles. The molecule has 2 heterocycles. The first-order chi connectivity index (χ1) is 16.2. The number of ether oxygens (including phenoxy) is 1. The highest BCUT2D eigenvalue weighted by Gasteiger charge is 2.17. The van der Waals surface area contributed by atoms with Gasteiger partial charge in [-0.2, -0.15) is 4.68 Å². The third-order valence-electron chi connectivity index (χ3n) is 4.85. The molecule has 0 aliphatic carbocycles. The molecule has 0 amide bonds. The molecule has 0 fully saturated rings. The summed E-state index contributed by atoms with van der Waals surface area (Å²) in [5, 5.41) is 17.7. The van der Waals surface area contributed by atoms with Crippen LogP contribution in [0.4, 0.5) is 4.39 Å². The molecule has 0 atom stereocenters. The van der Waals surface area contributed by atoms with E-state index in [9.17, 15) is 9.18 Å². The molecule has 0 spiro atoms. The molecular weight excluding hydrogens is 443 g/mol. The molecule has 0 radical (unpaired) electrons. The predicted octanol–water partition coefficient (Wildman–Crippen LogP) is 3.84. The van der Waals surface area contributed by atoms with E-state index in [1.807, 2.05) is 41.0 Å². The Morgan fingerprint density at radius 2 is 1.64 bits per heavy atom. The van der Waals surface area contributed by atoms with Gasteiger partial charge in [-0.25, -0.2) is 4.39 Å². The first kappa shape index (κ1) is 20.8. The molecule has 164 valence electrons. The van der Waals surface area contributed by atoms with E-state index in [0.717, 1.165) is 5.69 Å². The minimum absolute atomic E-state index is 0.0130. The number of fused-ring (bicyclic) bond motifs is 1. The Morgan fingerprint density at radius 3 is 2.48 bits per heavy atom. The average Bonchev–Trinajstić information content (AvgIpc) is 3.26. The molecule has 0 aliphatic heterocycles. The van der Waals surface area contributed by atoms with Crippen molar-refractivity contribution in [1.82, 2.24) is 29.8 Å². The number of hydrogen-bond acceptors (Lipinski definition) is 7. The summed E-state index contributed by atoms with van der Waals surface area (Å²) in [6.07, 6.45) is 0. The quantitative estimate of drug-likeness (QED) is 0.341. The van der Waals surface area contributed by atoms with Gasteiger partial charge in [0.1, 0.15) is 12.1 Å². The maximum atomic E-state index is 14.0. The first-order valence-electron chi connectivity index (χ1n) is 10.0. The molecule has 0 unspecified atom stereocenters. The Hall–Kier alpha value is -4.05. The van der Waals surface area contributed by atoms with Crippen LogP contribution in [-0.2, 0) is 12.5 Å². The summed E-state index contributed by atoms with van der Waals surface area (Å²) >= 11 is 1.28. The van der Waals surface area contributed by atoms with E-state index in [0.29, 0.717) is 21.9 Å². The van der Waals surface area contributed by atoms with Crippen molar-refractivity contribution in [2.75, 3.05) is 0 Å². The Balaban J connectivity index is 1.43. The zero-order chi connectivity index (χ0) is 22.6. The van der Waals surface area contributed by atoms with Crippen LogP contribution in [0.3, 0.4) is 0 Å². The second-order valence-corrected chi connectivity index (χ2v) is 7.89. The van der Waals surface area contributed by atoms with Crippen molar-refractivity contribution in [3.8, 4) is 11.4 Å². The Bertz CT molecular complexity index is 1470. The van der Waals surface area contributed by atoms with Crippen molar-refractivity contribution in [3.05, 3.63) is 101 Å². The van der Waals surface area contributed by atoms with E-state index in [-0.39, 0.29) is 23.8 Å². The largest absolute Gasteiger partial charge is 0.483 e. The van der Waals surface area contributed by atoms with Crippen molar-refractivity contribution in [3.63, 3.8) is 0 Å². The Kier molecular flexibility index (Phi) is 5.81. The lowest BCUT2D eigenvalue weighted by Crippen LogP contribution is -2.23. The highest BCUT2D eigenvalue weighted by molar-refractivity contribution is 7.98. The fourth-order valence-electron chi connectivity index (χ4n) is 3.25. The zero-order valence-corrected chi connectivity index (χ0v) is 18.0. The van der Waals surface area contributed by atoms with Gasteiger partial charge in [0, 0.05) is 5.69 Å². The van der Waals surface area contributed by atoms with Gasteiger partial charge in [-0.3, -0.25) is 9.36 Å². The molecule has 10 heteroatoms. The molecule has 0 N–H and O–H groups in total. The van der Waals surface area contributed by atoms with Crippen LogP contribution in [0.25, 0.3) is 16.6 Å². The summed E-state index contributed by atoms with van der Waals surface area (Å²) < 4.78 is 22.7. The molecule has 3 aromatic carbocycles. The van der Waals surface area contributed by atoms with Crippen molar-refractivity contribution < 1.29 is 9.13 Å². The summed E-state index contributed by atoms with van der Waals surface area (Å²) in [5.74, 6) is 0.360. The molecule has 0 aliphatic rings. The van der Waals surface area contributed by atoms with E-state index < -0.39 is 5.82 Å². The summed E-state index contributed by atoms with van der Waals surface area (Å²) in [6, 6.07) is 22.7. The highest BCUT2D eigenvalue weighted by Crippen LogP contribution is 2.24. The summed E-state index contributed by atoms with van der Waals surface area (Å²) in [6.45, 7) is 0.0130. The molecule has 8 nitrogen and oxygen atoms in total. The average molecular weight is 460 g/mol. The van der Waals surface area contributed by atoms with E-state index in [1.54, 1.807) is 36.4 Å². The number of benzene rings is 3. The lowest BCUT2D eigenvalue weighted by atomic mass is 10.2. The minimum atomic E-state index is -0.452. The van der Waals surface area contributed by atoms with E-state index in [2.05, 4.69) is 20.5 Å². The lowest BCUT2D eigenvalue weighted by Gasteiger charge is -2.11. The van der Waals surface area contributed by atoms with Gasteiger partial charge in [0.15, 0.2) is 22.5 Å². The number of para-hydroxylation sites is 2. The monoisotopic (exact) mass is 460 g/mol. The van der Waals surface area contributed by atoms with E-state index >= 15 is 0 Å². The third kappa shape index (κ3) is 4.33. The fourth-order valence-corrected chi connectivity index (χ4v) is 4.10. The van der Waals surface area contributed by atoms with Crippen LogP contribution in [0.5, 0.6) is 5.75 Å². The smallest absolute Gasteiger partial charge is 0.278 e. The summed E-state index contributed by atoms with van der Waals surface area (Å²) in [5.41, 5.74) is 1.12. The van der Waals surface area contributed by atoms with Crippen molar-refractivity contribution in [2.24, 2.45) is 0 Å². The second kappa shape index (κ2) is 9.21. The maximum Gasteiger partial charge on any atom is 0.278 e. The van der Waals surface area contributed by atoms with E-state index in [1.165, 1.54) is 22.5 Å². The topological polar surface area (TPSA) is 87.7 Å². The van der Waals surface area contributed by atoms with Crippen LogP contribution < -0.4 is 10.3 Å². The number of nitrogens with zero attached hydrogens (tertiary/aromatic N) is 6. The molecule has 5 aromatic rings. The maximum absolute atomic E-state index is 14.0. The molecule has 5 rings (SSSR count). The Morgan fingerprint density at radius 1 is 0.879 bits per heavy atom. The molecule has 33 heavy (non-hydrogen) atoms. The zero-order valence-electron chi connectivity index (χ0n) is 17.2. The molecular formula is C23H17FN6O2S. The molecule has 0 saturated heterocycles. The van der Waals surface area contributed by atoms with Crippen molar-refractivity contribution >= 4 is 22.7 Å². The lowest BCUT2D eigenvalue weighted by molar-refractivity contribution is 0.278. The Labute approximate surface area is 191 Å². The van der Waals surface area contributed by atoms with Gasteiger partial charge < -0.3 is 4.74 Å². The summed E-state index contributed by atoms with van der Waals surface area (Å²) in [4.78, 5) is 12.7. The van der Waals surface area contributed by atoms with Crippen LogP contribution >= 0.6 is 11.8 Å². The van der Waals surface area contributed by atoms with Gasteiger partial charge in [0.2, 0.25) is 0 Å². The van der Waals surface area contributed by atoms with Gasteiger partial charge >= 0.3 is 0 Å². The number of halogens is 1. The van der Waals surface area contributed by atoms with Crippen LogP contribution in [0.1, 0.15) is 5.82 Å². The van der Waals surface area contributed by atoms with E-state index in [4.69, 9.17) is 4.74 Å². The van der Waals surface area contributed by atoms with Crippen molar-refractivity contribution in [2.45, 2.75) is 17.6 Å². The van der Waals surface area contributed by atoms with Gasteiger partial charge in [0.25, 0.3) is 5.56 Å². The molecule has 0 saturated carbocycles. The second-order valence-electron chi connectivity index (χ2n) is 6.97. The number of thioether (sulfide) groups is 1. The SMILES string of the molecule is O=c1c2ccccc2nnn1CSc1nnc(COc2ccccc2F)n1-c1ccccc1. The van der Waals surface area contributed by atoms with Crippen LogP contribution in [0.15, 0.2) is 88.8 Å². The predicted molar refractivity (Wildman–Crippen MR) is 122 cm³/mol. The summed E-state index contributed by atoms with van der Waals surface area (Å²) in [7, 11) is 0. The molecule has 0 bridgehead atoms. The van der Waals surface area contributed by atoms with Gasteiger partial charge in [0.05, 0.1) is 11.3 Å². The van der Waals surface area contributed by atoms with Gasteiger partial charge in [-0.15, -0.1) is 15.3 Å². The van der Waals surface area contributed by atoms with Crippen LogP contribution in [-0.4, -0.2) is 29.8 Å². The standard InChI is InChI=1S/C23H17FN6O2S/c24-18-11-5-7-13-20(18)32-14-21-26-27-23(30(21)16-8-2-1-3-9-16)33-15-29-22(31)17-10-4-6-12-19(17)25-28-29/h1-13H,14-15H2. The number of aromatic nitrogens is 6. The third-order valence-corrected chi connectivity index (χ3v) is 5.75. The number of hydrogen-bond donors (Lipinski definition) is 0. The minimum Gasteiger partial charge on any atom is -0.483 e. The highest BCUT2D eigenvalue weighted by atomic mass is 32.2. The first-order valence-corrected chi connectivity index (χ1v) is 11.0. The fraction of sp³-hybridized carbons (Fsp3) is 0.0870. The van der Waals surface area contributed by atoms with Crippen molar-refractivity contribution in [1.29, 1.82) is 0 Å². The van der Waals surface area contributed by atoms with Gasteiger partial charge in [-0.05, 0) is 36.4 Å².